The van der Waals surface area contributed by atoms with Gasteiger partial charge in [-0.1, -0.05) is 94.3 Å². The summed E-state index contributed by atoms with van der Waals surface area (Å²) in [6.45, 7) is 4.51. The monoisotopic (exact) mass is 407 g/mol. The molecule has 1 atom stereocenters. The van der Waals surface area contributed by atoms with Crippen LogP contribution in [0.1, 0.15) is 84.5 Å². The van der Waals surface area contributed by atoms with E-state index in [-0.39, 0.29) is 0 Å². The van der Waals surface area contributed by atoms with Gasteiger partial charge in [0.1, 0.15) is 11.3 Å². The standard InChI is InChI=1S/C26H37N3O/c1-3-5-7-8-9-16-22-26(21-15-6-4-2,30-23-17-11-10-12-18-23)29-25-20-14-13-19-24(25)27-28-29/h10-14,17-20H,3-9,15-16,21-22H2,1-2H3. The Morgan fingerprint density at radius 1 is 0.733 bits per heavy atom. The third-order valence-electron chi connectivity index (χ3n) is 5.88. The van der Waals surface area contributed by atoms with Crippen molar-refractivity contribution in [3.8, 4) is 5.75 Å². The largest absolute Gasteiger partial charge is 0.466 e. The first kappa shape index (κ1) is 22.3. The molecule has 0 aliphatic heterocycles. The summed E-state index contributed by atoms with van der Waals surface area (Å²) in [4.78, 5) is 0. The minimum Gasteiger partial charge on any atom is -0.466 e. The molecule has 3 aromatic rings. The molecule has 0 aliphatic carbocycles. The van der Waals surface area contributed by atoms with Crippen LogP contribution in [0.25, 0.3) is 11.0 Å². The SMILES string of the molecule is CCCCCCCCC(CCCCC)(Oc1ccccc1)n1nnc2ccccc21. The zero-order valence-electron chi connectivity index (χ0n) is 18.7. The maximum Gasteiger partial charge on any atom is 0.204 e. The third-order valence-corrected chi connectivity index (χ3v) is 5.88. The summed E-state index contributed by atoms with van der Waals surface area (Å²) in [5.41, 5.74) is 1.48. The molecule has 1 aromatic heterocycles. The van der Waals surface area contributed by atoms with Crippen molar-refractivity contribution in [2.75, 3.05) is 0 Å². The van der Waals surface area contributed by atoms with Gasteiger partial charge >= 0.3 is 0 Å². The van der Waals surface area contributed by atoms with Crippen LogP contribution in [0.3, 0.4) is 0 Å². The second kappa shape index (κ2) is 11.7. The smallest absolute Gasteiger partial charge is 0.204 e. The summed E-state index contributed by atoms with van der Waals surface area (Å²) in [6, 6.07) is 18.4. The molecule has 0 saturated carbocycles. The molecular weight excluding hydrogens is 370 g/mol. The summed E-state index contributed by atoms with van der Waals surface area (Å²) in [6.07, 6.45) is 13.0. The molecule has 162 valence electrons. The highest BCUT2D eigenvalue weighted by Crippen LogP contribution is 2.35. The topological polar surface area (TPSA) is 39.9 Å². The van der Waals surface area contributed by atoms with E-state index < -0.39 is 5.72 Å². The van der Waals surface area contributed by atoms with Gasteiger partial charge in [-0.15, -0.1) is 5.10 Å². The second-order valence-electron chi connectivity index (χ2n) is 8.33. The Morgan fingerprint density at radius 2 is 1.33 bits per heavy atom. The summed E-state index contributed by atoms with van der Waals surface area (Å²) in [5, 5.41) is 9.07. The lowest BCUT2D eigenvalue weighted by molar-refractivity contribution is -0.0392. The van der Waals surface area contributed by atoms with Crippen LogP contribution in [0.5, 0.6) is 5.75 Å². The zero-order valence-corrected chi connectivity index (χ0v) is 18.7. The third kappa shape index (κ3) is 5.84. The lowest BCUT2D eigenvalue weighted by Gasteiger charge is -2.35. The number of rotatable bonds is 14. The Morgan fingerprint density at radius 3 is 2.10 bits per heavy atom. The summed E-state index contributed by atoms with van der Waals surface area (Å²) in [5.74, 6) is 0.902. The number of unbranched alkanes of at least 4 members (excludes halogenated alkanes) is 7. The van der Waals surface area contributed by atoms with E-state index >= 15 is 0 Å². The van der Waals surface area contributed by atoms with Crippen molar-refractivity contribution in [2.45, 2.75) is 90.2 Å². The van der Waals surface area contributed by atoms with E-state index in [1.807, 2.05) is 30.3 Å². The van der Waals surface area contributed by atoms with Crippen LogP contribution in [-0.2, 0) is 5.72 Å². The van der Waals surface area contributed by atoms with Gasteiger partial charge in [0.25, 0.3) is 0 Å². The lowest BCUT2D eigenvalue weighted by atomic mass is 9.96. The van der Waals surface area contributed by atoms with Crippen LogP contribution in [0, 0.1) is 0 Å². The molecule has 1 unspecified atom stereocenters. The fourth-order valence-corrected chi connectivity index (χ4v) is 4.19. The minimum atomic E-state index is -0.503. The van der Waals surface area contributed by atoms with Crippen molar-refractivity contribution >= 4 is 11.0 Å². The molecule has 0 fully saturated rings. The van der Waals surface area contributed by atoms with Crippen LogP contribution in [0.4, 0.5) is 0 Å². The number of hydrogen-bond donors (Lipinski definition) is 0. The van der Waals surface area contributed by atoms with Gasteiger partial charge in [0.2, 0.25) is 5.72 Å². The molecule has 0 amide bonds. The molecule has 0 saturated heterocycles. The molecule has 4 nitrogen and oxygen atoms in total. The number of hydrogen-bond acceptors (Lipinski definition) is 3. The molecule has 3 rings (SSSR count). The van der Waals surface area contributed by atoms with Gasteiger partial charge in [0, 0.05) is 12.8 Å². The van der Waals surface area contributed by atoms with E-state index in [2.05, 4.69) is 53.1 Å². The maximum atomic E-state index is 6.79. The predicted octanol–water partition coefficient (Wildman–Crippen LogP) is 7.49. The van der Waals surface area contributed by atoms with Gasteiger partial charge in [-0.3, -0.25) is 0 Å². The number of fused-ring (bicyclic) bond motifs is 1. The van der Waals surface area contributed by atoms with Crippen LogP contribution in [0.15, 0.2) is 54.6 Å². The van der Waals surface area contributed by atoms with E-state index in [9.17, 15) is 0 Å². The molecule has 0 radical (unpaired) electrons. The van der Waals surface area contributed by atoms with Gasteiger partial charge in [0.05, 0.1) is 5.52 Å². The average Bonchev–Trinajstić information content (AvgIpc) is 3.22. The summed E-state index contributed by atoms with van der Waals surface area (Å²) in [7, 11) is 0. The fourth-order valence-electron chi connectivity index (χ4n) is 4.19. The van der Waals surface area contributed by atoms with Crippen molar-refractivity contribution in [2.24, 2.45) is 0 Å². The Kier molecular flexibility index (Phi) is 8.73. The second-order valence-corrected chi connectivity index (χ2v) is 8.33. The van der Waals surface area contributed by atoms with Crippen LogP contribution >= 0.6 is 0 Å². The van der Waals surface area contributed by atoms with Gasteiger partial charge in [0.15, 0.2) is 0 Å². The van der Waals surface area contributed by atoms with Crippen molar-refractivity contribution in [3.63, 3.8) is 0 Å². The first-order chi connectivity index (χ1) is 14.8. The number of aromatic nitrogens is 3. The van der Waals surface area contributed by atoms with Gasteiger partial charge in [-0.25, -0.2) is 4.68 Å². The Bertz CT molecular complexity index is 861. The lowest BCUT2D eigenvalue weighted by Crippen LogP contribution is -2.41. The molecule has 30 heavy (non-hydrogen) atoms. The first-order valence-corrected chi connectivity index (χ1v) is 11.8. The maximum absolute atomic E-state index is 6.79. The van der Waals surface area contributed by atoms with Crippen molar-refractivity contribution in [3.05, 3.63) is 54.6 Å². The van der Waals surface area contributed by atoms with Crippen LogP contribution in [-0.4, -0.2) is 15.0 Å². The molecule has 0 spiro atoms. The fraction of sp³-hybridized carbons (Fsp3) is 0.538. The normalized spacial score (nSPS) is 13.4. The number of benzene rings is 2. The average molecular weight is 408 g/mol. The highest BCUT2D eigenvalue weighted by molar-refractivity contribution is 5.74. The molecule has 0 bridgehead atoms. The van der Waals surface area contributed by atoms with Crippen LogP contribution in [0.2, 0.25) is 0 Å². The van der Waals surface area contributed by atoms with E-state index in [0.29, 0.717) is 0 Å². The molecule has 4 heteroatoms. The number of para-hydroxylation sites is 2. The molecule has 0 aliphatic rings. The van der Waals surface area contributed by atoms with Gasteiger partial charge in [-0.05, 0) is 37.1 Å². The quantitative estimate of drug-likeness (QED) is 0.260. The zero-order chi connectivity index (χ0) is 21.1. The van der Waals surface area contributed by atoms with Crippen molar-refractivity contribution in [1.29, 1.82) is 0 Å². The Balaban J connectivity index is 1.90. The molecule has 0 N–H and O–H groups in total. The summed E-state index contributed by atoms with van der Waals surface area (Å²) >= 11 is 0. The number of nitrogens with zero attached hydrogens (tertiary/aromatic N) is 3. The first-order valence-electron chi connectivity index (χ1n) is 11.8. The van der Waals surface area contributed by atoms with Gasteiger partial charge in [-0.2, -0.15) is 0 Å². The Hall–Kier alpha value is -2.36. The molecule has 1 heterocycles. The number of ether oxygens (including phenoxy) is 1. The van der Waals surface area contributed by atoms with E-state index in [4.69, 9.17) is 4.74 Å². The predicted molar refractivity (Wildman–Crippen MR) is 125 cm³/mol. The highest BCUT2D eigenvalue weighted by Gasteiger charge is 2.36. The molecule has 2 aromatic carbocycles. The Labute approximate surface area is 181 Å². The molecular formula is C26H37N3O. The van der Waals surface area contributed by atoms with Gasteiger partial charge < -0.3 is 4.74 Å². The van der Waals surface area contributed by atoms with Crippen LogP contribution < -0.4 is 4.74 Å². The van der Waals surface area contributed by atoms with E-state index in [0.717, 1.165) is 42.5 Å². The summed E-state index contributed by atoms with van der Waals surface area (Å²) < 4.78 is 8.86. The van der Waals surface area contributed by atoms with E-state index in [1.54, 1.807) is 0 Å². The minimum absolute atomic E-state index is 0.503. The van der Waals surface area contributed by atoms with Crippen molar-refractivity contribution < 1.29 is 4.74 Å². The van der Waals surface area contributed by atoms with E-state index in [1.165, 1.54) is 44.9 Å². The van der Waals surface area contributed by atoms with Crippen molar-refractivity contribution in [1.82, 2.24) is 15.0 Å². The highest BCUT2D eigenvalue weighted by atomic mass is 16.5.